The number of likely N-dealkylation sites (N-methyl/N-ethyl adjacent to an activating group) is 1. The van der Waals surface area contributed by atoms with Crippen LogP contribution in [-0.4, -0.2) is 55.7 Å². The number of hydrogen-bond donors (Lipinski definition) is 1. The van der Waals surface area contributed by atoms with Crippen molar-refractivity contribution in [3.8, 4) is 11.5 Å². The first-order valence-electron chi connectivity index (χ1n) is 8.90. The van der Waals surface area contributed by atoms with Crippen LogP contribution in [0.2, 0.25) is 0 Å². The fraction of sp³-hybridized carbons (Fsp3) is 0.421. The van der Waals surface area contributed by atoms with Crippen LogP contribution < -0.4 is 19.7 Å². The quantitative estimate of drug-likeness (QED) is 0.472. The smallest absolute Gasteiger partial charge is 0.265 e. The molecule has 0 bridgehead atoms. The highest BCUT2D eigenvalue weighted by atomic mass is 32.1. The van der Waals surface area contributed by atoms with Gasteiger partial charge in [-0.2, -0.15) is 0 Å². The monoisotopic (exact) mass is 389 g/mol. The molecule has 2 amide bonds. The standard InChI is InChI=1S/C19H23N3O4S/c1-4-22-18(24)13(17(23)20-19(22)27)9-12-10-16(26-3)14(11-15(12)25-2)21-7-5-6-8-21/h9-11H,4-8H2,1-3H3,(H,20,23,27)/b13-9+. The summed E-state index contributed by atoms with van der Waals surface area (Å²) in [5.74, 6) is 0.313. The van der Waals surface area contributed by atoms with E-state index in [4.69, 9.17) is 21.7 Å². The van der Waals surface area contributed by atoms with Gasteiger partial charge in [-0.15, -0.1) is 0 Å². The number of thiocarbonyl (C=S) groups is 1. The van der Waals surface area contributed by atoms with Gasteiger partial charge in [-0.1, -0.05) is 0 Å². The third-order valence-electron chi connectivity index (χ3n) is 4.78. The lowest BCUT2D eigenvalue weighted by molar-refractivity contribution is -0.128. The lowest BCUT2D eigenvalue weighted by Gasteiger charge is -2.28. The summed E-state index contributed by atoms with van der Waals surface area (Å²) in [6, 6.07) is 3.69. The zero-order chi connectivity index (χ0) is 19.6. The van der Waals surface area contributed by atoms with Crippen molar-refractivity contribution >= 4 is 40.9 Å². The molecule has 2 aliphatic heterocycles. The van der Waals surface area contributed by atoms with Crippen molar-refractivity contribution in [2.24, 2.45) is 0 Å². The molecule has 0 aromatic heterocycles. The molecular weight excluding hydrogens is 366 g/mol. The third-order valence-corrected chi connectivity index (χ3v) is 5.10. The molecule has 0 spiro atoms. The largest absolute Gasteiger partial charge is 0.496 e. The summed E-state index contributed by atoms with van der Waals surface area (Å²) in [6.07, 6.45) is 3.80. The molecule has 8 heteroatoms. The molecule has 27 heavy (non-hydrogen) atoms. The van der Waals surface area contributed by atoms with Gasteiger partial charge >= 0.3 is 0 Å². The summed E-state index contributed by atoms with van der Waals surface area (Å²) >= 11 is 5.06. The number of methoxy groups -OCH3 is 2. The highest BCUT2D eigenvalue weighted by molar-refractivity contribution is 7.80. The molecule has 144 valence electrons. The Bertz CT molecular complexity index is 815. The fourth-order valence-electron chi connectivity index (χ4n) is 3.36. The van der Waals surface area contributed by atoms with E-state index in [1.54, 1.807) is 27.2 Å². The minimum Gasteiger partial charge on any atom is -0.496 e. The van der Waals surface area contributed by atoms with Crippen molar-refractivity contribution < 1.29 is 19.1 Å². The van der Waals surface area contributed by atoms with E-state index in [-0.39, 0.29) is 10.7 Å². The Hall–Kier alpha value is -2.61. The molecule has 0 atom stereocenters. The van der Waals surface area contributed by atoms with Crippen LogP contribution in [0.3, 0.4) is 0 Å². The van der Waals surface area contributed by atoms with E-state index in [0.717, 1.165) is 31.6 Å². The zero-order valence-electron chi connectivity index (χ0n) is 15.7. The average Bonchev–Trinajstić information content (AvgIpc) is 3.19. The molecule has 1 N–H and O–H groups in total. The molecule has 3 rings (SSSR count). The number of amides is 2. The Morgan fingerprint density at radius 1 is 1.15 bits per heavy atom. The molecule has 0 saturated carbocycles. The number of anilines is 1. The molecule has 2 heterocycles. The second-order valence-electron chi connectivity index (χ2n) is 6.33. The SMILES string of the molecule is CCN1C(=O)/C(=C/c2cc(OC)c(N3CCCC3)cc2OC)C(=O)NC1=S. The number of ether oxygens (including phenoxy) is 2. The number of hydrogen-bond acceptors (Lipinski definition) is 6. The first-order valence-corrected chi connectivity index (χ1v) is 9.30. The average molecular weight is 389 g/mol. The Morgan fingerprint density at radius 3 is 2.41 bits per heavy atom. The van der Waals surface area contributed by atoms with E-state index < -0.39 is 11.8 Å². The lowest BCUT2D eigenvalue weighted by Crippen LogP contribution is -2.53. The highest BCUT2D eigenvalue weighted by Crippen LogP contribution is 2.38. The summed E-state index contributed by atoms with van der Waals surface area (Å²) < 4.78 is 11.1. The van der Waals surface area contributed by atoms with Gasteiger partial charge in [0.05, 0.1) is 19.9 Å². The number of nitrogens with zero attached hydrogens (tertiary/aromatic N) is 2. The maximum absolute atomic E-state index is 12.6. The van der Waals surface area contributed by atoms with Crippen LogP contribution in [0.25, 0.3) is 6.08 Å². The molecule has 2 aliphatic rings. The Morgan fingerprint density at radius 2 is 1.81 bits per heavy atom. The number of carbonyl (C=O) groups excluding carboxylic acids is 2. The molecule has 2 saturated heterocycles. The molecule has 1 aromatic rings. The number of benzene rings is 1. The van der Waals surface area contributed by atoms with E-state index in [0.29, 0.717) is 23.6 Å². The van der Waals surface area contributed by atoms with Crippen LogP contribution in [-0.2, 0) is 9.59 Å². The first-order chi connectivity index (χ1) is 13.0. The lowest BCUT2D eigenvalue weighted by atomic mass is 10.1. The highest BCUT2D eigenvalue weighted by Gasteiger charge is 2.32. The van der Waals surface area contributed by atoms with E-state index in [1.165, 1.54) is 11.0 Å². The minimum atomic E-state index is -0.515. The van der Waals surface area contributed by atoms with Gasteiger partial charge in [0.2, 0.25) is 0 Å². The van der Waals surface area contributed by atoms with Crippen molar-refractivity contribution in [1.82, 2.24) is 10.2 Å². The second kappa shape index (κ2) is 7.96. The third kappa shape index (κ3) is 3.62. The van der Waals surface area contributed by atoms with Crippen molar-refractivity contribution in [3.63, 3.8) is 0 Å². The zero-order valence-corrected chi connectivity index (χ0v) is 16.5. The second-order valence-corrected chi connectivity index (χ2v) is 6.71. The normalized spacial score (nSPS) is 18.9. The fourth-order valence-corrected chi connectivity index (χ4v) is 3.66. The predicted octanol–water partition coefficient (Wildman–Crippen LogP) is 1.95. The van der Waals surface area contributed by atoms with Gasteiger partial charge in [-0.05, 0) is 44.1 Å². The molecule has 7 nitrogen and oxygen atoms in total. The van der Waals surface area contributed by atoms with Gasteiger partial charge in [0.15, 0.2) is 5.11 Å². The van der Waals surface area contributed by atoms with Gasteiger partial charge in [-0.3, -0.25) is 19.8 Å². The van der Waals surface area contributed by atoms with Gasteiger partial charge in [0.25, 0.3) is 11.8 Å². The summed E-state index contributed by atoms with van der Waals surface area (Å²) in [5, 5.41) is 2.68. The van der Waals surface area contributed by atoms with Crippen LogP contribution in [0, 0.1) is 0 Å². The Kier molecular flexibility index (Phi) is 5.65. The topological polar surface area (TPSA) is 71.1 Å². The maximum Gasteiger partial charge on any atom is 0.265 e. The van der Waals surface area contributed by atoms with Gasteiger partial charge in [-0.25, -0.2) is 0 Å². The van der Waals surface area contributed by atoms with E-state index in [9.17, 15) is 9.59 Å². The van der Waals surface area contributed by atoms with Crippen molar-refractivity contribution in [2.45, 2.75) is 19.8 Å². The Balaban J connectivity index is 2.05. The van der Waals surface area contributed by atoms with Crippen LogP contribution in [0.15, 0.2) is 17.7 Å². The van der Waals surface area contributed by atoms with Crippen molar-refractivity contribution in [3.05, 3.63) is 23.3 Å². The summed E-state index contributed by atoms with van der Waals surface area (Å²) in [6.45, 7) is 4.10. The first kappa shape index (κ1) is 19.2. The van der Waals surface area contributed by atoms with Crippen LogP contribution in [0.5, 0.6) is 11.5 Å². The van der Waals surface area contributed by atoms with Crippen LogP contribution in [0.4, 0.5) is 5.69 Å². The van der Waals surface area contributed by atoms with Gasteiger partial charge < -0.3 is 14.4 Å². The number of nitrogens with one attached hydrogen (secondary N) is 1. The Labute approximate surface area is 163 Å². The van der Waals surface area contributed by atoms with Crippen LogP contribution in [0.1, 0.15) is 25.3 Å². The molecule has 1 aromatic carbocycles. The summed E-state index contributed by atoms with van der Waals surface area (Å²) in [5.41, 5.74) is 1.56. The van der Waals surface area contributed by atoms with Gasteiger partial charge in [0.1, 0.15) is 17.1 Å². The van der Waals surface area contributed by atoms with E-state index in [1.807, 2.05) is 6.07 Å². The molecule has 0 radical (unpaired) electrons. The van der Waals surface area contributed by atoms with E-state index >= 15 is 0 Å². The molecular formula is C19H23N3O4S. The molecule has 0 aliphatic carbocycles. The molecule has 2 fully saturated rings. The maximum atomic E-state index is 12.6. The van der Waals surface area contributed by atoms with E-state index in [2.05, 4.69) is 10.2 Å². The van der Waals surface area contributed by atoms with Crippen LogP contribution >= 0.6 is 12.2 Å². The summed E-state index contributed by atoms with van der Waals surface area (Å²) in [7, 11) is 3.17. The molecule has 0 unspecified atom stereocenters. The summed E-state index contributed by atoms with van der Waals surface area (Å²) in [4.78, 5) is 28.6. The van der Waals surface area contributed by atoms with Crippen molar-refractivity contribution in [2.75, 3.05) is 38.8 Å². The minimum absolute atomic E-state index is 0.0136. The number of rotatable bonds is 5. The number of carbonyl (C=O) groups is 2. The van der Waals surface area contributed by atoms with Gasteiger partial charge in [0, 0.05) is 31.3 Å². The predicted molar refractivity (Wildman–Crippen MR) is 107 cm³/mol. The van der Waals surface area contributed by atoms with Crippen molar-refractivity contribution in [1.29, 1.82) is 0 Å².